The van der Waals surface area contributed by atoms with Crippen molar-refractivity contribution in [3.63, 3.8) is 0 Å². The third-order valence-corrected chi connectivity index (χ3v) is 4.19. The monoisotopic (exact) mass is 382 g/mol. The predicted molar refractivity (Wildman–Crippen MR) is 102 cm³/mol. The summed E-state index contributed by atoms with van der Waals surface area (Å²) in [5.41, 5.74) is 3.32. The third kappa shape index (κ3) is 3.71. The highest BCUT2D eigenvalue weighted by Gasteiger charge is 2.25. The van der Waals surface area contributed by atoms with E-state index in [0.29, 0.717) is 17.8 Å². The van der Waals surface area contributed by atoms with E-state index in [0.717, 1.165) is 16.8 Å². The van der Waals surface area contributed by atoms with Gasteiger partial charge in [-0.15, -0.1) is 10.2 Å². The number of esters is 2. The maximum Gasteiger partial charge on any atom is 0.360 e. The van der Waals surface area contributed by atoms with Crippen LogP contribution in [0.4, 0.5) is 0 Å². The van der Waals surface area contributed by atoms with Gasteiger partial charge in [0.25, 0.3) is 0 Å². The van der Waals surface area contributed by atoms with Gasteiger partial charge in [-0.3, -0.25) is 4.79 Å². The van der Waals surface area contributed by atoms with Crippen LogP contribution in [-0.2, 0) is 27.1 Å². The summed E-state index contributed by atoms with van der Waals surface area (Å²) in [6, 6.07) is 9.71. The Bertz CT molecular complexity index is 998. The molecule has 0 aliphatic carbocycles. The number of ether oxygens (including phenoxy) is 2. The zero-order valence-electron chi connectivity index (χ0n) is 16.1. The molecule has 1 aromatic carbocycles. The van der Waals surface area contributed by atoms with Crippen molar-refractivity contribution < 1.29 is 19.1 Å². The molecule has 0 aliphatic heterocycles. The van der Waals surface area contributed by atoms with Crippen molar-refractivity contribution in [3.05, 3.63) is 47.4 Å². The molecular weight excluding hydrogens is 360 g/mol. The Morgan fingerprint density at radius 2 is 1.71 bits per heavy atom. The first-order valence-electron chi connectivity index (χ1n) is 9.25. The predicted octanol–water partition coefficient (Wildman–Crippen LogP) is 2.64. The molecule has 3 aromatic rings. The number of hydrogen-bond acceptors (Lipinski definition) is 7. The molecule has 2 aromatic heterocycles. The molecule has 0 bridgehead atoms. The summed E-state index contributed by atoms with van der Waals surface area (Å²) < 4.78 is 11.6. The minimum absolute atomic E-state index is 0.0350. The molecule has 28 heavy (non-hydrogen) atoms. The molecule has 0 unspecified atom stereocenters. The van der Waals surface area contributed by atoms with Crippen LogP contribution in [0.2, 0.25) is 0 Å². The van der Waals surface area contributed by atoms with Gasteiger partial charge in [0.2, 0.25) is 0 Å². The third-order valence-electron chi connectivity index (χ3n) is 4.19. The van der Waals surface area contributed by atoms with Crippen LogP contribution in [0.1, 0.15) is 42.6 Å². The van der Waals surface area contributed by atoms with E-state index < -0.39 is 11.9 Å². The van der Waals surface area contributed by atoms with E-state index in [1.165, 1.54) is 4.52 Å². The lowest BCUT2D eigenvalue weighted by Crippen LogP contribution is -2.20. The number of carbonyl (C=O) groups excluding carboxylic acids is 2. The lowest BCUT2D eigenvalue weighted by Gasteiger charge is -2.09. The Morgan fingerprint density at radius 3 is 2.36 bits per heavy atom. The van der Waals surface area contributed by atoms with Crippen LogP contribution < -0.4 is 0 Å². The van der Waals surface area contributed by atoms with Gasteiger partial charge in [0, 0.05) is 0 Å². The first-order valence-corrected chi connectivity index (χ1v) is 9.25. The summed E-state index contributed by atoms with van der Waals surface area (Å²) in [7, 11) is 0. The molecule has 0 fully saturated rings. The van der Waals surface area contributed by atoms with Crippen molar-refractivity contribution in [1.29, 1.82) is 0 Å². The number of hydrogen-bond donors (Lipinski definition) is 0. The number of aromatic nitrogens is 4. The second kappa shape index (κ2) is 8.60. The van der Waals surface area contributed by atoms with Crippen LogP contribution in [0.3, 0.4) is 0 Å². The van der Waals surface area contributed by atoms with Gasteiger partial charge < -0.3 is 9.47 Å². The van der Waals surface area contributed by atoms with Gasteiger partial charge in [-0.05, 0) is 25.8 Å². The molecule has 0 N–H and O–H groups in total. The average molecular weight is 382 g/mol. The van der Waals surface area contributed by atoms with Crippen LogP contribution in [0.25, 0.3) is 16.8 Å². The highest BCUT2D eigenvalue weighted by Crippen LogP contribution is 2.28. The van der Waals surface area contributed by atoms with Gasteiger partial charge in [0.1, 0.15) is 0 Å². The van der Waals surface area contributed by atoms with Crippen molar-refractivity contribution in [2.75, 3.05) is 13.2 Å². The Balaban J connectivity index is 2.24. The van der Waals surface area contributed by atoms with Gasteiger partial charge >= 0.3 is 11.9 Å². The van der Waals surface area contributed by atoms with Crippen LogP contribution in [0.15, 0.2) is 30.3 Å². The fourth-order valence-corrected chi connectivity index (χ4v) is 3.00. The molecule has 3 rings (SSSR count). The molecule has 0 radical (unpaired) electrons. The van der Waals surface area contributed by atoms with Crippen LogP contribution in [0, 0.1) is 0 Å². The van der Waals surface area contributed by atoms with Crippen LogP contribution in [-0.4, -0.2) is 45.0 Å². The van der Waals surface area contributed by atoms with E-state index >= 15 is 0 Å². The molecule has 0 atom stereocenters. The summed E-state index contributed by atoms with van der Waals surface area (Å²) in [4.78, 5) is 24.5. The van der Waals surface area contributed by atoms with Crippen molar-refractivity contribution >= 4 is 17.6 Å². The Morgan fingerprint density at radius 1 is 1.00 bits per heavy atom. The van der Waals surface area contributed by atoms with E-state index in [9.17, 15) is 9.59 Å². The highest BCUT2D eigenvalue weighted by molar-refractivity contribution is 5.91. The molecule has 146 valence electrons. The maximum absolute atomic E-state index is 12.4. The molecular formula is C20H22N4O4. The quantitative estimate of drug-likeness (QED) is 0.580. The molecule has 8 heteroatoms. The largest absolute Gasteiger partial charge is 0.466 e. The summed E-state index contributed by atoms with van der Waals surface area (Å²) in [5.74, 6) is -1.12. The number of nitrogens with zero attached hydrogens (tertiary/aromatic N) is 4. The summed E-state index contributed by atoms with van der Waals surface area (Å²) in [5, 5.41) is 12.9. The molecule has 0 amide bonds. The normalized spacial score (nSPS) is 10.8. The minimum atomic E-state index is -0.647. The molecule has 0 saturated carbocycles. The fourth-order valence-electron chi connectivity index (χ4n) is 3.00. The van der Waals surface area contributed by atoms with E-state index in [1.54, 1.807) is 13.8 Å². The first kappa shape index (κ1) is 19.5. The van der Waals surface area contributed by atoms with Gasteiger partial charge in [0.15, 0.2) is 11.3 Å². The van der Waals surface area contributed by atoms with E-state index in [-0.39, 0.29) is 25.3 Å². The maximum atomic E-state index is 12.4. The minimum Gasteiger partial charge on any atom is -0.466 e. The van der Waals surface area contributed by atoms with E-state index in [2.05, 4.69) is 15.3 Å². The van der Waals surface area contributed by atoms with Crippen molar-refractivity contribution in [2.45, 2.75) is 33.6 Å². The SMILES string of the molecule is CCOC(=O)Cc1c(C(=O)OCC)nnc2c(-c3ccccc3)c(CC)nn12. The topological polar surface area (TPSA) is 95.7 Å². The van der Waals surface area contributed by atoms with Crippen LogP contribution in [0.5, 0.6) is 0 Å². The summed E-state index contributed by atoms with van der Waals surface area (Å²) in [6.45, 7) is 5.83. The van der Waals surface area contributed by atoms with Gasteiger partial charge in [0.05, 0.1) is 36.6 Å². The molecule has 8 nitrogen and oxygen atoms in total. The van der Waals surface area contributed by atoms with Gasteiger partial charge in [-0.1, -0.05) is 37.3 Å². The molecule has 0 aliphatic rings. The number of fused-ring (bicyclic) bond motifs is 1. The summed E-state index contributed by atoms with van der Waals surface area (Å²) >= 11 is 0. The molecule has 0 saturated heterocycles. The Hall–Kier alpha value is -3.29. The standard InChI is InChI=1S/C20H22N4O4/c1-4-14-17(13-10-8-7-9-11-13)19-22-21-18(20(26)28-6-3)15(24(19)23-14)12-16(25)27-5-2/h7-11H,4-6,12H2,1-3H3. The molecule has 0 spiro atoms. The zero-order chi connectivity index (χ0) is 20.1. The number of aryl methyl sites for hydroxylation is 1. The van der Waals surface area contributed by atoms with Crippen molar-refractivity contribution in [1.82, 2.24) is 19.8 Å². The fraction of sp³-hybridized carbons (Fsp3) is 0.350. The van der Waals surface area contributed by atoms with E-state index in [1.807, 2.05) is 37.3 Å². The lowest BCUT2D eigenvalue weighted by molar-refractivity contribution is -0.142. The zero-order valence-corrected chi connectivity index (χ0v) is 16.1. The van der Waals surface area contributed by atoms with Crippen LogP contribution >= 0.6 is 0 Å². The lowest BCUT2D eigenvalue weighted by atomic mass is 10.0. The first-order chi connectivity index (χ1) is 13.6. The Labute approximate surface area is 162 Å². The smallest absolute Gasteiger partial charge is 0.360 e. The molecule has 2 heterocycles. The summed E-state index contributed by atoms with van der Waals surface area (Å²) in [6.07, 6.45) is 0.494. The average Bonchev–Trinajstić information content (AvgIpc) is 3.08. The number of benzene rings is 1. The van der Waals surface area contributed by atoms with E-state index in [4.69, 9.17) is 9.47 Å². The van der Waals surface area contributed by atoms with Crippen molar-refractivity contribution in [2.24, 2.45) is 0 Å². The number of rotatable bonds is 7. The second-order valence-corrected chi connectivity index (χ2v) is 5.97. The Kier molecular flexibility index (Phi) is 5.98. The second-order valence-electron chi connectivity index (χ2n) is 5.97. The number of carbonyl (C=O) groups is 2. The highest BCUT2D eigenvalue weighted by atomic mass is 16.5. The van der Waals surface area contributed by atoms with Crippen molar-refractivity contribution in [3.8, 4) is 11.1 Å². The van der Waals surface area contributed by atoms with Gasteiger partial charge in [-0.2, -0.15) is 5.10 Å². The van der Waals surface area contributed by atoms with Gasteiger partial charge in [-0.25, -0.2) is 9.31 Å².